The molecule has 17 heavy (non-hydrogen) atoms. The van der Waals surface area contributed by atoms with E-state index in [1.165, 1.54) is 25.3 Å². The van der Waals surface area contributed by atoms with Crippen molar-refractivity contribution in [3.63, 3.8) is 0 Å². The summed E-state index contributed by atoms with van der Waals surface area (Å²) in [6.45, 7) is 0. The summed E-state index contributed by atoms with van der Waals surface area (Å²) in [6.07, 6.45) is 0. The van der Waals surface area contributed by atoms with Crippen molar-refractivity contribution in [3.05, 3.63) is 28.3 Å². The fourth-order valence-electron chi connectivity index (χ4n) is 1.11. The Morgan fingerprint density at radius 2 is 2.12 bits per heavy atom. The van der Waals surface area contributed by atoms with Gasteiger partial charge in [-0.2, -0.15) is 0 Å². The number of hydrogen-bond donors (Lipinski definition) is 4. The Hall–Kier alpha value is -1.67. The van der Waals surface area contributed by atoms with Gasteiger partial charge in [0.05, 0.1) is 12.0 Å². The van der Waals surface area contributed by atoms with E-state index in [0.29, 0.717) is 0 Å². The molecule has 10 heteroatoms. The molecule has 0 saturated carbocycles. The average molecular weight is 263 g/mol. The molecule has 0 amide bonds. The highest BCUT2D eigenvalue weighted by Gasteiger charge is 2.22. The number of ether oxygens (including phenoxy) is 1. The van der Waals surface area contributed by atoms with Gasteiger partial charge in [-0.1, -0.05) is 6.07 Å². The van der Waals surface area contributed by atoms with Crippen molar-refractivity contribution in [2.75, 3.05) is 12.5 Å². The van der Waals surface area contributed by atoms with Crippen LogP contribution >= 0.6 is 7.75 Å². The lowest BCUT2D eigenvalue weighted by Crippen LogP contribution is -2.18. The molecule has 1 rings (SSSR count). The first-order valence-electron chi connectivity index (χ1n) is 4.25. The molecule has 0 saturated heterocycles. The topological polar surface area (TPSA) is 134 Å². The Kier molecular flexibility index (Phi) is 4.02. The van der Waals surface area contributed by atoms with Gasteiger partial charge >= 0.3 is 13.4 Å². The van der Waals surface area contributed by atoms with Crippen molar-refractivity contribution in [3.8, 4) is 5.75 Å². The predicted octanol–water partition coefficient (Wildman–Crippen LogP) is 0.613. The van der Waals surface area contributed by atoms with Gasteiger partial charge in [-0.05, 0) is 12.1 Å². The first kappa shape index (κ1) is 13.4. The number of nitro benzene ring substituents is 1. The van der Waals surface area contributed by atoms with Gasteiger partial charge in [0.2, 0.25) is 0 Å². The van der Waals surface area contributed by atoms with Crippen LogP contribution in [0.5, 0.6) is 5.75 Å². The minimum Gasteiger partial charge on any atom is -0.490 e. The van der Waals surface area contributed by atoms with Crippen LogP contribution in [0.2, 0.25) is 0 Å². The molecule has 0 spiro atoms. The Labute approximate surface area is 95.7 Å². The van der Waals surface area contributed by atoms with E-state index in [-0.39, 0.29) is 11.4 Å². The second-order valence-corrected chi connectivity index (χ2v) is 4.21. The summed E-state index contributed by atoms with van der Waals surface area (Å²) in [6, 6.07) is 4.08. The molecule has 1 aromatic rings. The number of nitrogens with zero attached hydrogens (tertiary/aromatic N) is 1. The minimum absolute atomic E-state index is 0.0208. The van der Waals surface area contributed by atoms with Gasteiger partial charge in [0.1, 0.15) is 5.69 Å². The predicted molar refractivity (Wildman–Crippen MR) is 58.5 cm³/mol. The molecule has 0 unspecified atom stereocenters. The average Bonchev–Trinajstić information content (AvgIpc) is 2.24. The molecular formula is C7H10N3O6P. The third-order valence-corrected chi connectivity index (χ3v) is 2.14. The summed E-state index contributed by atoms with van der Waals surface area (Å²) >= 11 is 0. The number of nitro groups is 1. The first-order valence-corrected chi connectivity index (χ1v) is 5.86. The van der Waals surface area contributed by atoms with E-state index in [0.717, 1.165) is 0 Å². The highest BCUT2D eigenvalue weighted by molar-refractivity contribution is 7.49. The van der Waals surface area contributed by atoms with E-state index in [2.05, 4.69) is 5.43 Å². The molecule has 0 fully saturated rings. The van der Waals surface area contributed by atoms with Gasteiger partial charge in [-0.3, -0.25) is 10.1 Å². The smallest absolute Gasteiger partial charge is 0.417 e. The third-order valence-electron chi connectivity index (χ3n) is 1.74. The van der Waals surface area contributed by atoms with E-state index in [9.17, 15) is 14.7 Å². The maximum Gasteiger partial charge on any atom is 0.417 e. The molecule has 1 aromatic carbocycles. The molecule has 0 atom stereocenters. The van der Waals surface area contributed by atoms with E-state index in [1.807, 2.05) is 0 Å². The van der Waals surface area contributed by atoms with E-state index < -0.39 is 18.4 Å². The molecule has 0 aliphatic heterocycles. The van der Waals surface area contributed by atoms with Crippen LogP contribution in [0.25, 0.3) is 0 Å². The number of hydrazine groups is 1. The van der Waals surface area contributed by atoms with Gasteiger partial charge < -0.3 is 19.9 Å². The quantitative estimate of drug-likeness (QED) is 0.345. The zero-order chi connectivity index (χ0) is 13.1. The Morgan fingerprint density at radius 3 is 2.59 bits per heavy atom. The number of methoxy groups -OCH3 is 1. The Morgan fingerprint density at radius 1 is 1.47 bits per heavy atom. The van der Waals surface area contributed by atoms with Crippen LogP contribution in [0, 0.1) is 10.1 Å². The van der Waals surface area contributed by atoms with Crippen LogP contribution in [0.15, 0.2) is 18.2 Å². The maximum atomic E-state index is 10.8. The van der Waals surface area contributed by atoms with Crippen LogP contribution in [-0.2, 0) is 4.57 Å². The molecule has 0 aliphatic carbocycles. The van der Waals surface area contributed by atoms with E-state index in [1.54, 1.807) is 5.20 Å². The lowest BCUT2D eigenvalue weighted by molar-refractivity contribution is -0.384. The van der Waals surface area contributed by atoms with Crippen LogP contribution < -0.4 is 15.4 Å². The van der Waals surface area contributed by atoms with Crippen molar-refractivity contribution in [2.45, 2.75) is 0 Å². The van der Waals surface area contributed by atoms with Crippen LogP contribution in [0.3, 0.4) is 0 Å². The summed E-state index contributed by atoms with van der Waals surface area (Å²) in [5.41, 5.74) is 1.54. The monoisotopic (exact) mass is 263 g/mol. The minimum atomic E-state index is -4.53. The van der Waals surface area contributed by atoms with Crippen molar-refractivity contribution in [1.82, 2.24) is 5.20 Å². The second-order valence-electron chi connectivity index (χ2n) is 2.89. The highest BCUT2D eigenvalue weighted by Crippen LogP contribution is 2.35. The van der Waals surface area contributed by atoms with Gasteiger partial charge in [0.15, 0.2) is 5.75 Å². The van der Waals surface area contributed by atoms with Gasteiger partial charge in [-0.25, -0.2) is 4.57 Å². The van der Waals surface area contributed by atoms with E-state index >= 15 is 0 Å². The molecule has 0 heterocycles. The molecule has 0 aromatic heterocycles. The third kappa shape index (κ3) is 3.68. The molecule has 94 valence electrons. The van der Waals surface area contributed by atoms with Crippen LogP contribution in [0.4, 0.5) is 11.4 Å². The number of rotatable bonds is 5. The molecule has 9 nitrogen and oxygen atoms in total. The van der Waals surface area contributed by atoms with Crippen molar-refractivity contribution in [1.29, 1.82) is 0 Å². The SMILES string of the molecule is COc1cccc(NNP(=O)(O)O)c1[N+](=O)[O-]. The van der Waals surface area contributed by atoms with Crippen molar-refractivity contribution >= 4 is 19.1 Å². The zero-order valence-corrected chi connectivity index (χ0v) is 9.55. The largest absolute Gasteiger partial charge is 0.490 e. The van der Waals surface area contributed by atoms with Gasteiger partial charge in [0, 0.05) is 0 Å². The molecule has 0 radical (unpaired) electrons. The van der Waals surface area contributed by atoms with Gasteiger partial charge in [-0.15, -0.1) is 5.20 Å². The number of anilines is 1. The summed E-state index contributed by atoms with van der Waals surface area (Å²) in [5.74, 6) is -0.0208. The summed E-state index contributed by atoms with van der Waals surface area (Å²) in [5, 5.41) is 12.4. The van der Waals surface area contributed by atoms with Crippen LogP contribution in [0.1, 0.15) is 0 Å². The van der Waals surface area contributed by atoms with Crippen molar-refractivity contribution < 1.29 is 24.0 Å². The molecule has 0 bridgehead atoms. The lowest BCUT2D eigenvalue weighted by atomic mass is 10.2. The standard InChI is InChI=1S/C7H10N3O6P/c1-16-6-4-2-3-5(7(6)10(11)12)8-9-17(13,14)15/h2-4,8H,1H3,(H3,9,13,14,15). The number of para-hydroxylation sites is 1. The highest BCUT2D eigenvalue weighted by atomic mass is 31.2. The number of hydrogen-bond acceptors (Lipinski definition) is 5. The summed E-state index contributed by atoms with van der Waals surface area (Å²) < 4.78 is 15.3. The maximum absolute atomic E-state index is 10.8. The summed E-state index contributed by atoms with van der Waals surface area (Å²) in [4.78, 5) is 27.2. The second kappa shape index (κ2) is 5.11. The van der Waals surface area contributed by atoms with E-state index in [4.69, 9.17) is 14.5 Å². The first-order chi connectivity index (χ1) is 7.85. The van der Waals surface area contributed by atoms with Crippen LogP contribution in [-0.4, -0.2) is 21.8 Å². The summed E-state index contributed by atoms with van der Waals surface area (Å²) in [7, 11) is -3.28. The molecule has 4 N–H and O–H groups in total. The Balaban J connectivity index is 3.06. The zero-order valence-electron chi connectivity index (χ0n) is 8.65. The number of nitrogens with one attached hydrogen (secondary N) is 2. The lowest BCUT2D eigenvalue weighted by Gasteiger charge is -2.11. The molecular weight excluding hydrogens is 253 g/mol. The normalized spacial score (nSPS) is 11.0. The fourth-order valence-corrected chi connectivity index (χ4v) is 1.38. The fraction of sp³-hybridized carbons (Fsp3) is 0.143. The van der Waals surface area contributed by atoms with Crippen molar-refractivity contribution in [2.24, 2.45) is 0 Å². The van der Waals surface area contributed by atoms with Gasteiger partial charge in [0.25, 0.3) is 0 Å². The number of benzene rings is 1. The Bertz CT molecular complexity index is 473. The molecule has 0 aliphatic rings.